The number of nitrogens with zero attached hydrogens (tertiary/aromatic N) is 3. The first-order valence-electron chi connectivity index (χ1n) is 38.2. The maximum atomic E-state index is 13.8. The number of hydrogen-bond donors (Lipinski definition) is 15. The van der Waals surface area contributed by atoms with Crippen LogP contribution in [0.5, 0.6) is 34.5 Å². The van der Waals surface area contributed by atoms with Crippen LogP contribution >= 0.6 is 0 Å². The molecule has 0 saturated heterocycles. The molecule has 0 aliphatic heterocycles. The first-order valence-corrected chi connectivity index (χ1v) is 50.9. The van der Waals surface area contributed by atoms with Crippen LogP contribution in [0.15, 0.2) is 270 Å². The monoisotopic (exact) mass is 2160 g/mol. The molecule has 0 fully saturated rings. The number of fused-ring (bicyclic) bond motifs is 9. The van der Waals surface area contributed by atoms with Gasteiger partial charge < -0.3 is 60.5 Å². The normalized spacial score (nSPS) is 13.0. The number of hydrogen-bond acceptors (Lipinski definition) is 45. The standard InChI is InChI=1S/3C28H17N3O13S3.3Na/c3*29-15-9-17(45(36,37)38)23(21-19(15)24(32)11-5-1-3-7-13(11)26(21)34)31-16-10-18(46(39,40)41)28(47(42,43)44-30)22-20(16)25(33)12-6-2-4-8-14(12)27(22)35;;;/h3*1-10,29,33,35H,30H2,(H,36,37,38)(H,39,40,41);;;/q;;;3*+1/p-3. The summed E-state index contributed by atoms with van der Waals surface area (Å²) in [4.78, 5) is 80.8. The van der Waals surface area contributed by atoms with Crippen molar-refractivity contribution >= 4 is 205 Å². The van der Waals surface area contributed by atoms with Crippen LogP contribution in [0.3, 0.4) is 0 Å². The molecular weight excluding hydrogens is 2120 g/mol. The Balaban J connectivity index is 0.000000179. The second-order valence-corrected chi connectivity index (χ2v) is 42.8. The first kappa shape index (κ1) is 109. The van der Waals surface area contributed by atoms with Crippen molar-refractivity contribution in [3.8, 4) is 34.5 Å². The van der Waals surface area contributed by atoms with E-state index in [0.717, 1.165) is 0 Å². The predicted molar refractivity (Wildman–Crippen MR) is 481 cm³/mol. The maximum absolute atomic E-state index is 13.8. The Morgan fingerprint density at radius 1 is 0.250 bits per heavy atom. The Morgan fingerprint density at radius 2 is 0.410 bits per heavy atom. The van der Waals surface area contributed by atoms with Gasteiger partial charge >= 0.3 is 119 Å². The molecule has 0 spiro atoms. The third-order valence-electron chi connectivity index (χ3n) is 22.3. The zero-order chi connectivity index (χ0) is 103. The van der Waals surface area contributed by atoms with Gasteiger partial charge in [-0.2, -0.15) is 81.0 Å². The van der Waals surface area contributed by atoms with Crippen LogP contribution in [0.25, 0.3) is 97.0 Å². The summed E-state index contributed by atoms with van der Waals surface area (Å²) in [7, 11) is -50.0. The minimum Gasteiger partial charge on any atom is -0.744 e. The molecule has 0 radical (unpaired) electrons. The van der Waals surface area contributed by atoms with Crippen LogP contribution < -0.4 is 171 Å². The summed E-state index contributed by atoms with van der Waals surface area (Å²) < 4.78 is 308. The zero-order valence-electron chi connectivity index (χ0n) is 71.8. The van der Waals surface area contributed by atoms with Gasteiger partial charge in [0.05, 0.1) is 128 Å². The van der Waals surface area contributed by atoms with Gasteiger partial charge in [-0.3, -0.25) is 42.4 Å². The molecule has 18 rings (SSSR count). The fraction of sp³-hybridized carbons (Fsp3) is 0. The quantitative estimate of drug-likeness (QED) is 0.0149. The fourth-order valence-electron chi connectivity index (χ4n) is 16.5. The van der Waals surface area contributed by atoms with Crippen molar-refractivity contribution in [1.29, 1.82) is 16.2 Å². The minimum atomic E-state index is -5.65. The maximum Gasteiger partial charge on any atom is 1.00 e. The van der Waals surface area contributed by atoms with E-state index in [2.05, 4.69) is 27.8 Å². The molecule has 0 aromatic heterocycles. The van der Waals surface area contributed by atoms with E-state index in [-0.39, 0.29) is 153 Å². The number of benzene rings is 12. The van der Waals surface area contributed by atoms with Gasteiger partial charge in [-0.05, 0) is 36.4 Å². The molecule has 0 atom stereocenters. The Kier molecular flexibility index (Phi) is 28.8. The largest absolute Gasteiger partial charge is 1.00 e. The Hall–Kier alpha value is -12.5. The van der Waals surface area contributed by atoms with Gasteiger partial charge in [0.25, 0.3) is 30.4 Å². The van der Waals surface area contributed by atoms with Crippen molar-refractivity contribution in [3.63, 3.8) is 0 Å². The van der Waals surface area contributed by atoms with E-state index in [1.165, 1.54) is 146 Å². The van der Waals surface area contributed by atoms with E-state index >= 15 is 0 Å². The molecule has 144 heavy (non-hydrogen) atoms. The number of rotatable bonds is 15. The van der Waals surface area contributed by atoms with Crippen molar-refractivity contribution in [2.75, 3.05) is 0 Å². The molecule has 0 amide bonds. The molecule has 18 N–H and O–H groups in total. The summed E-state index contributed by atoms with van der Waals surface area (Å²) in [5.74, 6) is 9.06. The Labute approximate surface area is 865 Å². The molecule has 12 aromatic carbocycles. The van der Waals surface area contributed by atoms with Crippen LogP contribution in [-0.2, 0) is 104 Å². The number of nitrogens with one attached hydrogen (secondary N) is 3. The molecular formula is C84H48N9Na3O39S9. The number of nitrogens with two attached hydrogens (primary N) is 3. The zero-order valence-corrected chi connectivity index (χ0v) is 85.2. The molecule has 48 nitrogen and oxygen atoms in total. The SMILES string of the molecule is N=c1cc(S(=O)(=O)[O-])c(=Nc2cc(S(=O)(=O)O)c(S(=O)(=O)ON)c3c(O)c4ccccc4c(O)c23)c2c(=O)c3ccccc3c(=O)c1=2.N=c1cc(S(=O)(=O)[O-])c(=Nc2cc(S(=O)(=O)O)c(S(=O)(=O)ON)c3c(O)c4ccccc4c(O)c23)c2c(=O)c3ccccc3c(=O)c1=2.N=c1cc(S(=O)(=O)[O-])c(=Nc2cc(S(=O)(=O)O)c(S(=O)(=O)ON)c3c(O)c4ccccc4c(O)c23)c2c(=O)c3ccccc3c(=O)c1=2.[Na+].[Na+].[Na+]. The predicted octanol–water partition coefficient (Wildman–Crippen LogP) is -8.03. The molecule has 720 valence electrons. The third-order valence-corrected chi connectivity index (χ3v) is 31.4. The van der Waals surface area contributed by atoms with E-state index in [9.17, 15) is 162 Å². The summed E-state index contributed by atoms with van der Waals surface area (Å²) in [5, 5.41) is 74.6. The third kappa shape index (κ3) is 18.0. The second-order valence-electron chi connectivity index (χ2n) is 30.1. The van der Waals surface area contributed by atoms with Crippen molar-refractivity contribution < 1.29 is 235 Å². The smallest absolute Gasteiger partial charge is 0.744 e. The van der Waals surface area contributed by atoms with E-state index in [1.54, 1.807) is 0 Å². The summed E-state index contributed by atoms with van der Waals surface area (Å²) >= 11 is 0. The van der Waals surface area contributed by atoms with Crippen molar-refractivity contribution in [1.82, 2.24) is 0 Å². The summed E-state index contributed by atoms with van der Waals surface area (Å²) in [6, 6.07) is 33.7. The average molecular weight is 2160 g/mol. The molecule has 0 saturated carbocycles. The van der Waals surface area contributed by atoms with E-state index < -0.39 is 315 Å². The Bertz CT molecular complexity index is 10200. The van der Waals surface area contributed by atoms with Crippen molar-refractivity contribution in [2.45, 2.75) is 44.1 Å². The van der Waals surface area contributed by atoms with Crippen LogP contribution in [0, 0.1) is 47.5 Å². The number of aromatic hydroxyl groups is 6. The van der Waals surface area contributed by atoms with Gasteiger partial charge in [0.2, 0.25) is 0 Å². The van der Waals surface area contributed by atoms with Crippen molar-refractivity contribution in [2.24, 2.45) is 32.7 Å². The molecule has 6 aliphatic carbocycles. The summed E-state index contributed by atoms with van der Waals surface area (Å²) in [6.45, 7) is 0. The minimum absolute atomic E-state index is 0. The van der Waals surface area contributed by atoms with Gasteiger partial charge in [0.1, 0.15) is 94.2 Å². The molecule has 0 bridgehead atoms. The Morgan fingerprint density at radius 3 is 0.569 bits per heavy atom. The van der Waals surface area contributed by atoms with Gasteiger partial charge in [-0.15, -0.1) is 0 Å². The van der Waals surface area contributed by atoms with Crippen molar-refractivity contribution in [3.05, 3.63) is 307 Å². The van der Waals surface area contributed by atoms with Crippen LogP contribution in [0.2, 0.25) is 0 Å². The van der Waals surface area contributed by atoms with E-state index in [1.807, 2.05) is 0 Å². The molecule has 6 aliphatic rings. The van der Waals surface area contributed by atoms with Gasteiger partial charge in [-0.25, -0.2) is 40.2 Å². The van der Waals surface area contributed by atoms with Crippen LogP contribution in [0.1, 0.15) is 0 Å². The van der Waals surface area contributed by atoms with Gasteiger partial charge in [0.15, 0.2) is 32.6 Å². The van der Waals surface area contributed by atoms with Crippen LogP contribution in [-0.4, -0.2) is 134 Å². The first-order chi connectivity index (χ1) is 65.7. The average Bonchev–Trinajstić information content (AvgIpc) is 0.712. The van der Waals surface area contributed by atoms with Gasteiger partial charge in [-0.1, -0.05) is 146 Å². The molecule has 0 heterocycles. The molecule has 60 heteroatoms. The summed E-state index contributed by atoms with van der Waals surface area (Å²) in [6.07, 6.45) is 0. The van der Waals surface area contributed by atoms with E-state index in [4.69, 9.17) is 33.9 Å². The summed E-state index contributed by atoms with van der Waals surface area (Å²) in [5.41, 5.74) is -8.77. The number of phenolic OH excluding ortho intramolecular Hbond substituents is 6. The molecule has 0 unspecified atom stereocenters. The van der Waals surface area contributed by atoms with Gasteiger partial charge in [0, 0.05) is 64.6 Å². The fourth-order valence-corrected chi connectivity index (χ4v) is 24.7. The number of phenols is 6. The van der Waals surface area contributed by atoms with E-state index in [0.29, 0.717) is 36.4 Å². The topological polar surface area (TPSA) is 875 Å². The molecule has 12 aromatic rings. The van der Waals surface area contributed by atoms with Crippen LogP contribution in [0.4, 0.5) is 17.1 Å². The second kappa shape index (κ2) is 38.2.